The first-order valence-corrected chi connectivity index (χ1v) is 10.1. The highest BCUT2D eigenvalue weighted by molar-refractivity contribution is 7.88. The number of nitrogens with zero attached hydrogens (tertiary/aromatic N) is 1. The van der Waals surface area contributed by atoms with Gasteiger partial charge in [-0.15, -0.1) is 0 Å². The molecule has 0 aliphatic carbocycles. The Labute approximate surface area is 155 Å². The minimum Gasteiger partial charge on any atom is -0.467 e. The van der Waals surface area contributed by atoms with Crippen LogP contribution < -0.4 is 5.32 Å². The Morgan fingerprint density at radius 2 is 2.04 bits per heavy atom. The molecule has 0 bridgehead atoms. The number of carbonyl (C=O) groups excluding carboxylic acids is 2. The third-order valence-electron chi connectivity index (χ3n) is 3.77. The minimum absolute atomic E-state index is 0.354. The lowest BCUT2D eigenvalue weighted by atomic mass is 10.1. The van der Waals surface area contributed by atoms with Crippen LogP contribution in [-0.4, -0.2) is 57.6 Å². The number of carbonyl (C=O) groups is 2. The van der Waals surface area contributed by atoms with Gasteiger partial charge in [-0.1, -0.05) is 24.3 Å². The second kappa shape index (κ2) is 10.1. The fourth-order valence-electron chi connectivity index (χ4n) is 2.12. The molecule has 1 N–H and O–H groups in total. The lowest BCUT2D eigenvalue weighted by Gasteiger charge is -2.12. The van der Waals surface area contributed by atoms with Gasteiger partial charge in [0.15, 0.2) is 0 Å². The summed E-state index contributed by atoms with van der Waals surface area (Å²) in [6.07, 6.45) is 6.41. The molecule has 1 unspecified atom stereocenters. The summed E-state index contributed by atoms with van der Waals surface area (Å²) in [5.41, 5.74) is 1.29. The van der Waals surface area contributed by atoms with Crippen LogP contribution in [0.2, 0.25) is 0 Å². The maximum atomic E-state index is 12.2. The van der Waals surface area contributed by atoms with Crippen LogP contribution >= 0.6 is 0 Å². The van der Waals surface area contributed by atoms with Crippen LogP contribution in [0.15, 0.2) is 30.3 Å². The number of amides is 1. The first-order valence-electron chi connectivity index (χ1n) is 8.21. The third kappa shape index (κ3) is 7.37. The number of methoxy groups -OCH3 is 1. The Morgan fingerprint density at radius 1 is 1.35 bits per heavy atom. The summed E-state index contributed by atoms with van der Waals surface area (Å²) in [5, 5.41) is 2.58. The summed E-state index contributed by atoms with van der Waals surface area (Å²) < 4.78 is 28.5. The molecule has 0 aliphatic rings. The van der Waals surface area contributed by atoms with Gasteiger partial charge in [0.2, 0.25) is 10.0 Å². The maximum Gasteiger partial charge on any atom is 0.328 e. The second-order valence-corrected chi connectivity index (χ2v) is 8.06. The summed E-state index contributed by atoms with van der Waals surface area (Å²) in [7, 11) is -0.324. The Morgan fingerprint density at radius 3 is 2.65 bits per heavy atom. The van der Waals surface area contributed by atoms with Crippen LogP contribution in [0.5, 0.6) is 0 Å². The quantitative estimate of drug-likeness (QED) is 0.518. The van der Waals surface area contributed by atoms with Crippen molar-refractivity contribution in [3.63, 3.8) is 0 Å². The molecule has 144 valence electrons. The number of nitrogens with one attached hydrogen (secondary N) is 1. The average Bonchev–Trinajstić information content (AvgIpc) is 2.59. The second-order valence-electron chi connectivity index (χ2n) is 5.97. The number of benzene rings is 1. The van der Waals surface area contributed by atoms with Crippen LogP contribution in [0, 0.1) is 0 Å². The molecule has 1 amide bonds. The van der Waals surface area contributed by atoms with E-state index in [2.05, 4.69) is 10.1 Å². The topological polar surface area (TPSA) is 92.8 Å². The number of unbranched alkanes of at least 4 members (excludes halogenated alkanes) is 1. The molecule has 1 atom stereocenters. The highest BCUT2D eigenvalue weighted by Crippen LogP contribution is 2.09. The van der Waals surface area contributed by atoms with E-state index in [0.717, 1.165) is 12.0 Å². The Balaban J connectivity index is 2.58. The fourth-order valence-corrected chi connectivity index (χ4v) is 2.58. The smallest absolute Gasteiger partial charge is 0.328 e. The van der Waals surface area contributed by atoms with E-state index in [1.165, 1.54) is 17.7 Å². The molecule has 0 fully saturated rings. The van der Waals surface area contributed by atoms with Crippen LogP contribution in [0.1, 0.15) is 35.7 Å². The van der Waals surface area contributed by atoms with E-state index in [9.17, 15) is 18.0 Å². The van der Waals surface area contributed by atoms with Crippen molar-refractivity contribution < 1.29 is 22.7 Å². The molecule has 7 nitrogen and oxygen atoms in total. The minimum atomic E-state index is -3.14. The van der Waals surface area contributed by atoms with Crippen molar-refractivity contribution in [1.82, 2.24) is 9.62 Å². The van der Waals surface area contributed by atoms with Crippen LogP contribution in [0.4, 0.5) is 0 Å². The monoisotopic (exact) mass is 382 g/mol. The van der Waals surface area contributed by atoms with Crippen LogP contribution in [-0.2, 0) is 19.6 Å². The molecule has 0 radical (unpaired) electrons. The number of hydrogen-bond donors (Lipinski definition) is 1. The molecule has 1 rings (SSSR count). The number of rotatable bonds is 9. The van der Waals surface area contributed by atoms with Gasteiger partial charge in [-0.3, -0.25) is 4.79 Å². The van der Waals surface area contributed by atoms with E-state index < -0.39 is 22.0 Å². The van der Waals surface area contributed by atoms with Gasteiger partial charge < -0.3 is 10.1 Å². The van der Waals surface area contributed by atoms with E-state index in [1.807, 2.05) is 18.2 Å². The third-order valence-corrected chi connectivity index (χ3v) is 5.09. The van der Waals surface area contributed by atoms with Crippen molar-refractivity contribution in [2.24, 2.45) is 0 Å². The van der Waals surface area contributed by atoms with Crippen molar-refractivity contribution in [3.8, 4) is 0 Å². The first kappa shape index (κ1) is 21.9. The first-order chi connectivity index (χ1) is 12.1. The predicted octanol–water partition coefficient (Wildman–Crippen LogP) is 1.66. The van der Waals surface area contributed by atoms with Crippen molar-refractivity contribution in [2.45, 2.75) is 25.8 Å². The number of ether oxygens (including phenoxy) is 1. The molecule has 1 aromatic carbocycles. The molecular weight excluding hydrogens is 356 g/mol. The Kier molecular flexibility index (Phi) is 8.47. The van der Waals surface area contributed by atoms with Crippen molar-refractivity contribution in [1.29, 1.82) is 0 Å². The van der Waals surface area contributed by atoms with Gasteiger partial charge in [0.25, 0.3) is 5.91 Å². The Bertz CT molecular complexity index is 759. The summed E-state index contributed by atoms with van der Waals surface area (Å²) in [6, 6.07) is 6.28. The molecule has 26 heavy (non-hydrogen) atoms. The van der Waals surface area contributed by atoms with Crippen LogP contribution in [0.3, 0.4) is 0 Å². The molecular formula is C18H26N2O5S. The normalized spacial score (nSPS) is 13.0. The summed E-state index contributed by atoms with van der Waals surface area (Å²) in [4.78, 5) is 23.5. The number of esters is 1. The zero-order valence-electron chi connectivity index (χ0n) is 15.6. The number of allylic oxidation sites excluding steroid dienone is 1. The van der Waals surface area contributed by atoms with E-state index in [0.29, 0.717) is 18.5 Å². The van der Waals surface area contributed by atoms with Gasteiger partial charge in [-0.25, -0.2) is 17.5 Å². The average molecular weight is 382 g/mol. The lowest BCUT2D eigenvalue weighted by Crippen LogP contribution is -2.39. The zero-order chi connectivity index (χ0) is 19.7. The summed E-state index contributed by atoms with van der Waals surface area (Å²) in [6.45, 7) is 2.01. The highest BCUT2D eigenvalue weighted by atomic mass is 32.2. The van der Waals surface area contributed by atoms with Gasteiger partial charge in [0.05, 0.1) is 13.4 Å². The van der Waals surface area contributed by atoms with Gasteiger partial charge >= 0.3 is 5.97 Å². The number of sulfonamides is 1. The van der Waals surface area contributed by atoms with Crippen molar-refractivity contribution in [3.05, 3.63) is 41.5 Å². The van der Waals surface area contributed by atoms with E-state index in [1.54, 1.807) is 32.2 Å². The molecule has 0 spiro atoms. The van der Waals surface area contributed by atoms with Crippen molar-refractivity contribution in [2.75, 3.05) is 27.0 Å². The van der Waals surface area contributed by atoms with Crippen molar-refractivity contribution >= 4 is 28.0 Å². The molecule has 0 saturated carbocycles. The maximum absolute atomic E-state index is 12.2. The summed E-state index contributed by atoms with van der Waals surface area (Å²) >= 11 is 0. The van der Waals surface area contributed by atoms with Gasteiger partial charge in [-0.05, 0) is 37.5 Å². The van der Waals surface area contributed by atoms with E-state index in [-0.39, 0.29) is 5.91 Å². The highest BCUT2D eigenvalue weighted by Gasteiger charge is 2.16. The zero-order valence-corrected chi connectivity index (χ0v) is 16.4. The van der Waals surface area contributed by atoms with Gasteiger partial charge in [0, 0.05) is 19.2 Å². The molecule has 0 aliphatic heterocycles. The van der Waals surface area contributed by atoms with Gasteiger partial charge in [-0.2, -0.15) is 0 Å². The van der Waals surface area contributed by atoms with E-state index >= 15 is 0 Å². The van der Waals surface area contributed by atoms with Gasteiger partial charge in [0.1, 0.15) is 6.04 Å². The number of hydrogen-bond acceptors (Lipinski definition) is 5. The molecule has 8 heteroatoms. The lowest BCUT2D eigenvalue weighted by molar-refractivity contribution is -0.142. The molecule has 1 aromatic rings. The SMILES string of the molecule is COC(=O)C(C)NC(=O)c1cccc(C=CCCCN(C)S(C)(=O)=O)c1. The molecule has 0 aromatic heterocycles. The largest absolute Gasteiger partial charge is 0.467 e. The van der Waals surface area contributed by atoms with Crippen LogP contribution in [0.25, 0.3) is 6.08 Å². The fraction of sp³-hybridized carbons (Fsp3) is 0.444. The summed E-state index contributed by atoms with van der Waals surface area (Å²) in [5.74, 6) is -0.860. The molecule has 0 heterocycles. The molecule has 0 saturated heterocycles. The standard InChI is InChI=1S/C18H26N2O5S/c1-14(18(22)25-3)19-17(21)16-11-8-10-15(13-16)9-6-5-7-12-20(2)26(4,23)24/h6,8-11,13-14H,5,7,12H2,1-4H3,(H,19,21). The predicted molar refractivity (Wildman–Crippen MR) is 101 cm³/mol. The van der Waals surface area contributed by atoms with E-state index in [4.69, 9.17) is 0 Å². The Hall–Kier alpha value is -2.19.